The second-order valence-corrected chi connectivity index (χ2v) is 6.38. The number of amides is 1. The Kier molecular flexibility index (Phi) is 4.49. The lowest BCUT2D eigenvalue weighted by Gasteiger charge is -2.00. The summed E-state index contributed by atoms with van der Waals surface area (Å²) in [5.41, 5.74) is 0.994. The average molecular weight is 280 g/mol. The molecule has 3 nitrogen and oxygen atoms in total. The molecule has 1 amide bonds. The van der Waals surface area contributed by atoms with Crippen LogP contribution >= 0.6 is 22.7 Å². The first-order valence-electron chi connectivity index (χ1n) is 5.91. The van der Waals surface area contributed by atoms with Crippen LogP contribution in [0.1, 0.15) is 28.3 Å². The molecule has 18 heavy (non-hydrogen) atoms. The maximum absolute atomic E-state index is 11.7. The Morgan fingerprint density at radius 3 is 2.89 bits per heavy atom. The number of anilines is 1. The largest absolute Gasteiger partial charge is 0.302 e. The fourth-order valence-corrected chi connectivity index (χ4v) is 3.17. The Balaban J connectivity index is 1.75. The van der Waals surface area contributed by atoms with Gasteiger partial charge in [0.25, 0.3) is 0 Å². The van der Waals surface area contributed by atoms with Gasteiger partial charge >= 0.3 is 0 Å². The average Bonchev–Trinajstić information content (AvgIpc) is 2.90. The van der Waals surface area contributed by atoms with Gasteiger partial charge in [-0.3, -0.25) is 4.79 Å². The summed E-state index contributed by atoms with van der Waals surface area (Å²) in [4.78, 5) is 18.5. The third kappa shape index (κ3) is 3.65. The standard InChI is InChI=1S/C13H16N2OS2/c1-9-10(2)18-13(14-9)15-12(16)7-3-5-11-6-4-8-17-11/h4,6,8H,3,5,7H2,1-2H3,(H,14,15,16). The minimum Gasteiger partial charge on any atom is -0.302 e. The Morgan fingerprint density at radius 1 is 1.44 bits per heavy atom. The zero-order valence-corrected chi connectivity index (χ0v) is 12.2. The van der Waals surface area contributed by atoms with Crippen LogP contribution in [-0.4, -0.2) is 10.9 Å². The highest BCUT2D eigenvalue weighted by molar-refractivity contribution is 7.15. The molecule has 0 unspecified atom stereocenters. The van der Waals surface area contributed by atoms with Gasteiger partial charge in [-0.25, -0.2) is 4.98 Å². The van der Waals surface area contributed by atoms with Crippen molar-refractivity contribution in [3.05, 3.63) is 33.0 Å². The van der Waals surface area contributed by atoms with Crippen LogP contribution in [0.4, 0.5) is 5.13 Å². The molecule has 5 heteroatoms. The Bertz CT molecular complexity index is 498. The fourth-order valence-electron chi connectivity index (χ4n) is 1.59. The third-order valence-corrected chi connectivity index (χ3v) is 4.61. The van der Waals surface area contributed by atoms with Crippen molar-refractivity contribution in [1.82, 2.24) is 4.98 Å². The lowest BCUT2D eigenvalue weighted by atomic mass is 10.2. The SMILES string of the molecule is Cc1nc(NC(=O)CCCc2cccs2)sc1C. The van der Waals surface area contributed by atoms with Gasteiger partial charge in [-0.15, -0.1) is 22.7 Å². The first-order valence-corrected chi connectivity index (χ1v) is 7.61. The molecule has 2 heterocycles. The number of hydrogen-bond acceptors (Lipinski definition) is 4. The van der Waals surface area contributed by atoms with Gasteiger partial charge in [0.1, 0.15) is 0 Å². The van der Waals surface area contributed by atoms with Crippen LogP contribution in [-0.2, 0) is 11.2 Å². The first-order chi connectivity index (χ1) is 8.65. The first kappa shape index (κ1) is 13.2. The number of thiazole rings is 1. The molecule has 0 atom stereocenters. The Morgan fingerprint density at radius 2 is 2.28 bits per heavy atom. The maximum Gasteiger partial charge on any atom is 0.226 e. The van der Waals surface area contributed by atoms with Crippen molar-refractivity contribution in [2.45, 2.75) is 33.1 Å². The number of hydrogen-bond donors (Lipinski definition) is 1. The molecule has 1 N–H and O–H groups in total. The van der Waals surface area contributed by atoms with Gasteiger partial charge in [-0.1, -0.05) is 6.07 Å². The summed E-state index contributed by atoms with van der Waals surface area (Å²) < 4.78 is 0. The van der Waals surface area contributed by atoms with Gasteiger partial charge in [-0.2, -0.15) is 0 Å². The number of nitrogens with zero attached hydrogens (tertiary/aromatic N) is 1. The van der Waals surface area contributed by atoms with Crippen LogP contribution in [0.5, 0.6) is 0 Å². The number of nitrogens with one attached hydrogen (secondary N) is 1. The summed E-state index contributed by atoms with van der Waals surface area (Å²) in [5, 5.41) is 5.64. The zero-order chi connectivity index (χ0) is 13.0. The lowest BCUT2D eigenvalue weighted by Crippen LogP contribution is -2.11. The number of aryl methyl sites for hydroxylation is 3. The van der Waals surface area contributed by atoms with Gasteiger partial charge < -0.3 is 5.32 Å². The molecule has 2 aromatic heterocycles. The number of thiophene rings is 1. The van der Waals surface area contributed by atoms with E-state index in [2.05, 4.69) is 21.7 Å². The quantitative estimate of drug-likeness (QED) is 0.905. The summed E-state index contributed by atoms with van der Waals surface area (Å²) in [7, 11) is 0. The van der Waals surface area contributed by atoms with Crippen molar-refractivity contribution in [1.29, 1.82) is 0 Å². The topological polar surface area (TPSA) is 42.0 Å². The molecule has 0 bridgehead atoms. The van der Waals surface area contributed by atoms with E-state index in [0.29, 0.717) is 11.6 Å². The summed E-state index contributed by atoms with van der Waals surface area (Å²) >= 11 is 3.27. The van der Waals surface area contributed by atoms with Gasteiger partial charge in [0.2, 0.25) is 5.91 Å². The molecule has 0 saturated heterocycles. The molecule has 0 aromatic carbocycles. The maximum atomic E-state index is 11.7. The van der Waals surface area contributed by atoms with Crippen molar-refractivity contribution in [3.8, 4) is 0 Å². The molecule has 0 saturated carbocycles. The summed E-state index contributed by atoms with van der Waals surface area (Å²) in [5.74, 6) is 0.0558. The van der Waals surface area contributed by atoms with Crippen LogP contribution in [0.2, 0.25) is 0 Å². The third-order valence-electron chi connectivity index (χ3n) is 2.68. The van der Waals surface area contributed by atoms with Crippen LogP contribution in [0, 0.1) is 13.8 Å². The number of rotatable bonds is 5. The van der Waals surface area contributed by atoms with Crippen LogP contribution in [0.15, 0.2) is 17.5 Å². The molecule has 0 fully saturated rings. The van der Waals surface area contributed by atoms with Crippen molar-refractivity contribution in [3.63, 3.8) is 0 Å². The molecule has 0 aliphatic heterocycles. The fraction of sp³-hybridized carbons (Fsp3) is 0.385. The highest BCUT2D eigenvalue weighted by Gasteiger charge is 2.07. The van der Waals surface area contributed by atoms with Gasteiger partial charge in [0.05, 0.1) is 5.69 Å². The molecule has 0 aliphatic rings. The second kappa shape index (κ2) is 6.11. The van der Waals surface area contributed by atoms with Crippen molar-refractivity contribution in [2.24, 2.45) is 0 Å². The van der Waals surface area contributed by atoms with E-state index < -0.39 is 0 Å². The van der Waals surface area contributed by atoms with E-state index >= 15 is 0 Å². The van der Waals surface area contributed by atoms with Crippen LogP contribution < -0.4 is 5.32 Å². The van der Waals surface area contributed by atoms with E-state index in [1.165, 1.54) is 16.2 Å². The molecule has 0 radical (unpaired) electrons. The lowest BCUT2D eigenvalue weighted by molar-refractivity contribution is -0.116. The minimum absolute atomic E-state index is 0.0558. The predicted octanol–water partition coefficient (Wildman–Crippen LogP) is 3.78. The van der Waals surface area contributed by atoms with E-state index in [1.807, 2.05) is 19.9 Å². The van der Waals surface area contributed by atoms with E-state index in [4.69, 9.17) is 0 Å². The molecule has 2 aromatic rings. The Hall–Kier alpha value is -1.20. The monoisotopic (exact) mass is 280 g/mol. The molecule has 0 aliphatic carbocycles. The number of aromatic nitrogens is 1. The summed E-state index contributed by atoms with van der Waals surface area (Å²) in [6.07, 6.45) is 2.41. The zero-order valence-electron chi connectivity index (χ0n) is 10.5. The second-order valence-electron chi connectivity index (χ2n) is 4.14. The predicted molar refractivity (Wildman–Crippen MR) is 77.5 cm³/mol. The van der Waals surface area contributed by atoms with Crippen molar-refractivity contribution in [2.75, 3.05) is 5.32 Å². The highest BCUT2D eigenvalue weighted by Crippen LogP contribution is 2.21. The van der Waals surface area contributed by atoms with Gasteiger partial charge in [-0.05, 0) is 38.1 Å². The molecule has 96 valence electrons. The van der Waals surface area contributed by atoms with Crippen molar-refractivity contribution < 1.29 is 4.79 Å². The Labute approximate surface area is 115 Å². The molecular formula is C13H16N2OS2. The molecule has 2 rings (SSSR count). The molecule has 0 spiro atoms. The summed E-state index contributed by atoms with van der Waals surface area (Å²) in [6, 6.07) is 4.15. The van der Waals surface area contributed by atoms with Gasteiger partial charge in [0.15, 0.2) is 5.13 Å². The smallest absolute Gasteiger partial charge is 0.226 e. The van der Waals surface area contributed by atoms with Crippen LogP contribution in [0.3, 0.4) is 0 Å². The van der Waals surface area contributed by atoms with Crippen molar-refractivity contribution >= 4 is 33.7 Å². The van der Waals surface area contributed by atoms with E-state index in [1.54, 1.807) is 11.3 Å². The van der Waals surface area contributed by atoms with E-state index in [-0.39, 0.29) is 5.91 Å². The molecular weight excluding hydrogens is 264 g/mol. The number of carbonyl (C=O) groups is 1. The van der Waals surface area contributed by atoms with Crippen LogP contribution in [0.25, 0.3) is 0 Å². The normalized spacial score (nSPS) is 10.6. The number of carbonyl (C=O) groups excluding carboxylic acids is 1. The highest BCUT2D eigenvalue weighted by atomic mass is 32.1. The summed E-state index contributed by atoms with van der Waals surface area (Å²) in [6.45, 7) is 3.97. The minimum atomic E-state index is 0.0558. The van der Waals surface area contributed by atoms with E-state index in [0.717, 1.165) is 23.4 Å². The van der Waals surface area contributed by atoms with E-state index in [9.17, 15) is 4.79 Å². The van der Waals surface area contributed by atoms with Gasteiger partial charge in [0, 0.05) is 16.2 Å².